The van der Waals surface area contributed by atoms with E-state index >= 15 is 0 Å². The van der Waals surface area contributed by atoms with Crippen molar-refractivity contribution >= 4 is 40.6 Å². The molecule has 0 radical (unpaired) electrons. The summed E-state index contributed by atoms with van der Waals surface area (Å²) in [5.74, 6) is 0.174. The van der Waals surface area contributed by atoms with Crippen LogP contribution in [0.1, 0.15) is 12.5 Å². The van der Waals surface area contributed by atoms with Crippen LogP contribution in [0, 0.1) is 0 Å². The summed E-state index contributed by atoms with van der Waals surface area (Å²) >= 11 is 0.863. The summed E-state index contributed by atoms with van der Waals surface area (Å²) in [4.78, 5) is 36.3. The molecule has 1 aromatic carbocycles. The fourth-order valence-corrected chi connectivity index (χ4v) is 2.91. The van der Waals surface area contributed by atoms with Crippen molar-refractivity contribution in [1.29, 1.82) is 0 Å². The molecule has 2 heterocycles. The molecule has 1 N–H and O–H groups in total. The van der Waals surface area contributed by atoms with Gasteiger partial charge in [0.1, 0.15) is 12.4 Å². The second kappa shape index (κ2) is 5.25. The molecule has 3 amide bonds. The van der Waals surface area contributed by atoms with E-state index in [1.165, 1.54) is 6.92 Å². The number of hydrogen-bond acceptors (Lipinski definition) is 5. The Hall–Kier alpha value is -2.28. The molecule has 1 saturated heterocycles. The number of fused-ring (bicyclic) bond motifs is 1. The smallest absolute Gasteiger partial charge is 0.290 e. The van der Waals surface area contributed by atoms with Gasteiger partial charge < -0.3 is 9.64 Å². The van der Waals surface area contributed by atoms with Crippen LogP contribution >= 0.6 is 11.8 Å². The van der Waals surface area contributed by atoms with Gasteiger partial charge in [0, 0.05) is 6.92 Å². The number of carbonyl (C=O) groups is 3. The van der Waals surface area contributed by atoms with Gasteiger partial charge in [-0.25, -0.2) is 0 Å². The van der Waals surface area contributed by atoms with Gasteiger partial charge in [0.2, 0.25) is 5.91 Å². The zero-order valence-corrected chi connectivity index (χ0v) is 12.0. The van der Waals surface area contributed by atoms with Crippen LogP contribution in [0.25, 0.3) is 6.08 Å². The van der Waals surface area contributed by atoms with Gasteiger partial charge in [-0.3, -0.25) is 19.7 Å². The maximum Gasteiger partial charge on any atom is 0.290 e. The fourth-order valence-electron chi connectivity index (χ4n) is 2.22. The number of benzene rings is 1. The normalized spacial score (nSPS) is 19.3. The minimum absolute atomic E-state index is 0.0625. The second-order valence-electron chi connectivity index (χ2n) is 4.60. The summed E-state index contributed by atoms with van der Waals surface area (Å²) in [6, 6.07) is 5.32. The van der Waals surface area contributed by atoms with Crippen molar-refractivity contribution < 1.29 is 19.1 Å². The third kappa shape index (κ3) is 2.64. The van der Waals surface area contributed by atoms with E-state index in [0.717, 1.165) is 17.3 Å². The summed E-state index contributed by atoms with van der Waals surface area (Å²) in [7, 11) is 0. The molecule has 0 aromatic heterocycles. The Morgan fingerprint density at radius 3 is 2.90 bits per heavy atom. The topological polar surface area (TPSA) is 75.7 Å². The molecule has 21 heavy (non-hydrogen) atoms. The molecule has 0 bridgehead atoms. The Balaban J connectivity index is 1.97. The van der Waals surface area contributed by atoms with Gasteiger partial charge in [-0.2, -0.15) is 0 Å². The first kappa shape index (κ1) is 13.7. The number of amides is 3. The molecule has 0 unspecified atom stereocenters. The monoisotopic (exact) mass is 304 g/mol. The molecular formula is C14H12N2O4S. The van der Waals surface area contributed by atoms with Crippen LogP contribution in [-0.2, 0) is 9.59 Å². The second-order valence-corrected chi connectivity index (χ2v) is 5.61. The van der Waals surface area contributed by atoms with Gasteiger partial charge in [0.25, 0.3) is 11.1 Å². The van der Waals surface area contributed by atoms with Crippen LogP contribution in [0.3, 0.4) is 0 Å². The number of carbonyl (C=O) groups excluding carboxylic acids is 3. The first-order chi connectivity index (χ1) is 10.0. The summed E-state index contributed by atoms with van der Waals surface area (Å²) in [5, 5.41) is 1.83. The number of thioether (sulfide) groups is 1. The average molecular weight is 304 g/mol. The molecular weight excluding hydrogens is 292 g/mol. The first-order valence-corrected chi connectivity index (χ1v) is 7.16. The van der Waals surface area contributed by atoms with Crippen LogP contribution in [-0.4, -0.2) is 30.2 Å². The molecule has 2 aliphatic heterocycles. The fraction of sp³-hybridized carbons (Fsp3) is 0.214. The lowest BCUT2D eigenvalue weighted by molar-refractivity contribution is -0.117. The Bertz CT molecular complexity index is 684. The van der Waals surface area contributed by atoms with Gasteiger partial charge >= 0.3 is 0 Å². The summed E-state index contributed by atoms with van der Waals surface area (Å²) in [6.45, 7) is 2.45. The summed E-state index contributed by atoms with van der Waals surface area (Å²) in [5.41, 5.74) is 1.41. The Labute approximate surface area is 125 Å². The van der Waals surface area contributed by atoms with Gasteiger partial charge in [0.15, 0.2) is 0 Å². The van der Waals surface area contributed by atoms with E-state index in [0.29, 0.717) is 29.5 Å². The summed E-state index contributed by atoms with van der Waals surface area (Å²) in [6.07, 6.45) is 1.62. The van der Waals surface area contributed by atoms with Gasteiger partial charge in [-0.15, -0.1) is 0 Å². The highest BCUT2D eigenvalue weighted by molar-refractivity contribution is 8.18. The number of ether oxygens (including phenoxy) is 1. The molecule has 0 spiro atoms. The molecule has 0 saturated carbocycles. The van der Waals surface area contributed by atoms with E-state index in [-0.39, 0.29) is 11.1 Å². The molecule has 1 aromatic rings. The van der Waals surface area contributed by atoms with Gasteiger partial charge in [0.05, 0.1) is 17.1 Å². The molecule has 0 atom stereocenters. The van der Waals surface area contributed by atoms with E-state index < -0.39 is 5.91 Å². The molecule has 1 fully saturated rings. The lowest BCUT2D eigenvalue weighted by atomic mass is 10.1. The quantitative estimate of drug-likeness (QED) is 0.800. The predicted molar refractivity (Wildman–Crippen MR) is 79.1 cm³/mol. The van der Waals surface area contributed by atoms with Crippen LogP contribution in [0.4, 0.5) is 10.5 Å². The number of hydrogen-bond donors (Lipinski definition) is 1. The Kier molecular flexibility index (Phi) is 3.42. The van der Waals surface area contributed by atoms with Crippen molar-refractivity contribution in [2.24, 2.45) is 0 Å². The largest absolute Gasteiger partial charge is 0.490 e. The van der Waals surface area contributed by atoms with E-state index in [4.69, 9.17) is 4.74 Å². The van der Waals surface area contributed by atoms with E-state index in [1.807, 2.05) is 0 Å². The molecule has 0 aliphatic carbocycles. The van der Waals surface area contributed by atoms with Crippen LogP contribution in [0.5, 0.6) is 5.75 Å². The highest BCUT2D eigenvalue weighted by Gasteiger charge is 2.26. The van der Waals surface area contributed by atoms with Crippen molar-refractivity contribution in [3.63, 3.8) is 0 Å². The maximum absolute atomic E-state index is 11.7. The van der Waals surface area contributed by atoms with Crippen molar-refractivity contribution in [3.05, 3.63) is 28.7 Å². The van der Waals surface area contributed by atoms with Crippen LogP contribution < -0.4 is 15.0 Å². The lowest BCUT2D eigenvalue weighted by Crippen LogP contribution is -2.36. The number of nitrogens with one attached hydrogen (secondary N) is 1. The van der Waals surface area contributed by atoms with Gasteiger partial charge in [-0.05, 0) is 35.5 Å². The highest BCUT2D eigenvalue weighted by Crippen LogP contribution is 2.34. The van der Waals surface area contributed by atoms with E-state index in [9.17, 15) is 14.4 Å². The van der Waals surface area contributed by atoms with Crippen LogP contribution in [0.2, 0.25) is 0 Å². The average Bonchev–Trinajstić information content (AvgIpc) is 2.76. The minimum atomic E-state index is -0.401. The predicted octanol–water partition coefficient (Wildman–Crippen LogP) is 1.76. The molecule has 6 nitrogen and oxygen atoms in total. The molecule has 108 valence electrons. The third-order valence-corrected chi connectivity index (χ3v) is 3.98. The number of anilines is 1. The third-order valence-electron chi connectivity index (χ3n) is 3.17. The summed E-state index contributed by atoms with van der Waals surface area (Å²) < 4.78 is 5.51. The van der Waals surface area contributed by atoms with E-state index in [2.05, 4.69) is 5.32 Å². The number of nitrogens with zero attached hydrogens (tertiary/aromatic N) is 1. The Morgan fingerprint density at radius 1 is 1.43 bits per heavy atom. The molecule has 3 rings (SSSR count). The zero-order valence-electron chi connectivity index (χ0n) is 11.2. The first-order valence-electron chi connectivity index (χ1n) is 6.34. The minimum Gasteiger partial charge on any atom is -0.490 e. The van der Waals surface area contributed by atoms with Crippen molar-refractivity contribution in [1.82, 2.24) is 5.32 Å². The van der Waals surface area contributed by atoms with Crippen molar-refractivity contribution in [2.45, 2.75) is 6.92 Å². The molecule has 2 aliphatic rings. The maximum atomic E-state index is 11.7. The number of rotatable bonds is 1. The van der Waals surface area contributed by atoms with Crippen molar-refractivity contribution in [3.8, 4) is 5.75 Å². The zero-order chi connectivity index (χ0) is 15.0. The highest BCUT2D eigenvalue weighted by atomic mass is 32.2. The number of imide groups is 1. The van der Waals surface area contributed by atoms with E-state index in [1.54, 1.807) is 29.2 Å². The standard InChI is InChI=1S/C14H12N2O4S/c1-8(17)16-4-5-20-11-3-2-9(6-10(11)16)7-12-13(18)15-14(19)21-12/h2-3,6-7H,4-5H2,1H3,(H,15,18,19)/b12-7-. The lowest BCUT2D eigenvalue weighted by Gasteiger charge is -2.28. The Morgan fingerprint density at radius 2 is 2.24 bits per heavy atom. The van der Waals surface area contributed by atoms with Crippen molar-refractivity contribution in [2.75, 3.05) is 18.1 Å². The van der Waals surface area contributed by atoms with Crippen LogP contribution in [0.15, 0.2) is 23.1 Å². The molecule has 7 heteroatoms. The van der Waals surface area contributed by atoms with Gasteiger partial charge in [-0.1, -0.05) is 6.07 Å². The SMILES string of the molecule is CC(=O)N1CCOc2ccc(/C=C3\SC(=O)NC3=O)cc21.